The number of rotatable bonds is 1. The fourth-order valence-corrected chi connectivity index (χ4v) is 1.74. The van der Waals surface area contributed by atoms with Gasteiger partial charge in [-0.3, -0.25) is 0 Å². The molecule has 0 bridgehead atoms. The Labute approximate surface area is 99.0 Å². The molecule has 0 aromatic carbocycles. The Morgan fingerprint density at radius 2 is 2.12 bits per heavy atom. The number of nitrogens with two attached hydrogens (primary N) is 1. The second kappa shape index (κ2) is 3.34. The lowest BCUT2D eigenvalue weighted by atomic mass is 10.4. The largest absolute Gasteiger partial charge is 0.446 e. The zero-order valence-electron chi connectivity index (χ0n) is 8.09. The van der Waals surface area contributed by atoms with Gasteiger partial charge in [0.05, 0.1) is 11.9 Å². The van der Waals surface area contributed by atoms with Gasteiger partial charge in [0.2, 0.25) is 5.82 Å². The summed E-state index contributed by atoms with van der Waals surface area (Å²) < 4.78 is 7.66. The summed E-state index contributed by atoms with van der Waals surface area (Å²) in [6.07, 6.45) is 1.71. The minimum atomic E-state index is 0.538. The molecule has 80 valence electrons. The van der Waals surface area contributed by atoms with E-state index in [1.54, 1.807) is 22.8 Å². The van der Waals surface area contributed by atoms with Crippen LogP contribution in [-0.4, -0.2) is 14.6 Å². The van der Waals surface area contributed by atoms with Crippen molar-refractivity contribution in [3.63, 3.8) is 0 Å². The van der Waals surface area contributed by atoms with Gasteiger partial charge < -0.3 is 10.2 Å². The van der Waals surface area contributed by atoms with Crippen molar-refractivity contribution < 1.29 is 4.42 Å². The highest BCUT2D eigenvalue weighted by atomic mass is 79.9. The molecule has 16 heavy (non-hydrogen) atoms. The van der Waals surface area contributed by atoms with Gasteiger partial charge in [-0.2, -0.15) is 0 Å². The van der Waals surface area contributed by atoms with Gasteiger partial charge >= 0.3 is 0 Å². The van der Waals surface area contributed by atoms with Crippen molar-refractivity contribution in [1.29, 1.82) is 0 Å². The first-order chi connectivity index (χ1) is 7.72. The first-order valence-electron chi connectivity index (χ1n) is 4.60. The third-order valence-electron chi connectivity index (χ3n) is 2.15. The summed E-state index contributed by atoms with van der Waals surface area (Å²) in [5.74, 6) is 1.16. The summed E-state index contributed by atoms with van der Waals surface area (Å²) in [5.41, 5.74) is 7.03. The van der Waals surface area contributed by atoms with Crippen molar-refractivity contribution in [2.45, 2.75) is 0 Å². The second-order valence-corrected chi connectivity index (χ2v) is 4.09. The third-order valence-corrected chi connectivity index (χ3v) is 2.57. The minimum absolute atomic E-state index is 0.538. The summed E-state index contributed by atoms with van der Waals surface area (Å²) in [6.45, 7) is 0. The van der Waals surface area contributed by atoms with Gasteiger partial charge in [-0.1, -0.05) is 0 Å². The molecule has 0 amide bonds. The highest BCUT2D eigenvalue weighted by Crippen LogP contribution is 2.22. The maximum absolute atomic E-state index is 5.66. The standard InChI is InChI=1S/C10H7BrN4O/c11-8-3-2-7(16-8)10-13-9-4-1-6(12)5-15(9)14-10/h1-5H,12H2. The number of aromatic nitrogens is 3. The molecule has 0 aliphatic heterocycles. The first kappa shape index (κ1) is 9.41. The number of hydrogen-bond acceptors (Lipinski definition) is 4. The van der Waals surface area contributed by atoms with E-state index < -0.39 is 0 Å². The van der Waals surface area contributed by atoms with Gasteiger partial charge in [-0.15, -0.1) is 5.10 Å². The maximum atomic E-state index is 5.66. The molecule has 2 N–H and O–H groups in total. The Bertz CT molecular complexity index is 658. The van der Waals surface area contributed by atoms with Crippen LogP contribution in [0.3, 0.4) is 0 Å². The summed E-state index contributed by atoms with van der Waals surface area (Å²) in [4.78, 5) is 4.32. The Hall–Kier alpha value is -1.82. The zero-order valence-corrected chi connectivity index (χ0v) is 9.68. The Morgan fingerprint density at radius 1 is 1.25 bits per heavy atom. The lowest BCUT2D eigenvalue weighted by Crippen LogP contribution is -1.91. The van der Waals surface area contributed by atoms with E-state index in [-0.39, 0.29) is 0 Å². The molecule has 3 heterocycles. The molecule has 0 fully saturated rings. The average Bonchev–Trinajstić information content (AvgIpc) is 2.83. The van der Waals surface area contributed by atoms with Crippen molar-refractivity contribution in [1.82, 2.24) is 14.6 Å². The zero-order chi connectivity index (χ0) is 11.1. The fourth-order valence-electron chi connectivity index (χ4n) is 1.44. The van der Waals surface area contributed by atoms with E-state index in [0.717, 1.165) is 5.65 Å². The molecular weight excluding hydrogens is 272 g/mol. The van der Waals surface area contributed by atoms with Crippen molar-refractivity contribution in [2.24, 2.45) is 0 Å². The molecule has 3 rings (SSSR count). The second-order valence-electron chi connectivity index (χ2n) is 3.30. The summed E-state index contributed by atoms with van der Waals surface area (Å²) in [6, 6.07) is 7.20. The van der Waals surface area contributed by atoms with Crippen LogP contribution < -0.4 is 5.73 Å². The Morgan fingerprint density at radius 3 is 2.88 bits per heavy atom. The van der Waals surface area contributed by atoms with Crippen LogP contribution in [0.4, 0.5) is 5.69 Å². The summed E-state index contributed by atoms with van der Waals surface area (Å²) in [5, 5.41) is 4.27. The molecule has 0 saturated heterocycles. The van der Waals surface area contributed by atoms with Crippen LogP contribution in [0.5, 0.6) is 0 Å². The molecule has 0 aliphatic rings. The van der Waals surface area contributed by atoms with Crippen LogP contribution in [0.2, 0.25) is 0 Å². The van der Waals surface area contributed by atoms with Crippen LogP contribution in [-0.2, 0) is 0 Å². The molecule has 6 heteroatoms. The third kappa shape index (κ3) is 1.47. The molecule has 0 saturated carbocycles. The van der Waals surface area contributed by atoms with Gasteiger partial charge in [0.15, 0.2) is 16.1 Å². The first-order valence-corrected chi connectivity index (χ1v) is 5.39. The van der Waals surface area contributed by atoms with E-state index in [1.807, 2.05) is 12.1 Å². The SMILES string of the molecule is Nc1ccc2nc(-c3ccc(Br)o3)nn2c1. The Kier molecular flexibility index (Phi) is 1.97. The van der Waals surface area contributed by atoms with Crippen molar-refractivity contribution in [2.75, 3.05) is 5.73 Å². The smallest absolute Gasteiger partial charge is 0.217 e. The van der Waals surface area contributed by atoms with Crippen LogP contribution in [0.15, 0.2) is 39.5 Å². The lowest BCUT2D eigenvalue weighted by molar-refractivity contribution is 0.551. The number of halogens is 1. The van der Waals surface area contributed by atoms with Gasteiger partial charge in [0.25, 0.3) is 0 Å². The average molecular weight is 279 g/mol. The molecular formula is C10H7BrN4O. The molecule has 0 radical (unpaired) electrons. The number of anilines is 1. The number of hydrogen-bond donors (Lipinski definition) is 1. The topological polar surface area (TPSA) is 69.3 Å². The molecule has 0 atom stereocenters. The van der Waals surface area contributed by atoms with Gasteiger partial charge in [0.1, 0.15) is 0 Å². The number of furan rings is 1. The van der Waals surface area contributed by atoms with E-state index in [9.17, 15) is 0 Å². The maximum Gasteiger partial charge on any atom is 0.217 e. The van der Waals surface area contributed by atoms with Gasteiger partial charge in [0, 0.05) is 0 Å². The quantitative estimate of drug-likeness (QED) is 0.742. The number of pyridine rings is 1. The molecule has 3 aromatic rings. The fraction of sp³-hybridized carbons (Fsp3) is 0. The van der Waals surface area contributed by atoms with E-state index >= 15 is 0 Å². The summed E-state index contributed by atoms with van der Waals surface area (Å²) in [7, 11) is 0. The highest BCUT2D eigenvalue weighted by Gasteiger charge is 2.09. The lowest BCUT2D eigenvalue weighted by Gasteiger charge is -1.91. The molecule has 3 aromatic heterocycles. The molecule has 0 unspecified atom stereocenters. The van der Waals surface area contributed by atoms with E-state index in [0.29, 0.717) is 21.9 Å². The van der Waals surface area contributed by atoms with Crippen LogP contribution in [0.1, 0.15) is 0 Å². The van der Waals surface area contributed by atoms with Crippen molar-refractivity contribution in [3.05, 3.63) is 35.1 Å². The van der Waals surface area contributed by atoms with Crippen molar-refractivity contribution >= 4 is 27.3 Å². The normalized spacial score (nSPS) is 11.1. The predicted molar refractivity (Wildman–Crippen MR) is 62.8 cm³/mol. The number of nitrogens with zero attached hydrogens (tertiary/aromatic N) is 3. The van der Waals surface area contributed by atoms with Crippen molar-refractivity contribution in [3.8, 4) is 11.6 Å². The van der Waals surface area contributed by atoms with Gasteiger partial charge in [-0.05, 0) is 40.2 Å². The molecule has 0 aliphatic carbocycles. The number of fused-ring (bicyclic) bond motifs is 1. The highest BCUT2D eigenvalue weighted by molar-refractivity contribution is 9.10. The van der Waals surface area contributed by atoms with Gasteiger partial charge in [-0.25, -0.2) is 9.50 Å². The Balaban J connectivity index is 2.18. The monoisotopic (exact) mass is 278 g/mol. The molecule has 5 nitrogen and oxygen atoms in total. The van der Waals surface area contributed by atoms with E-state index in [1.165, 1.54) is 0 Å². The molecule has 0 spiro atoms. The van der Waals surface area contributed by atoms with Crippen LogP contribution in [0.25, 0.3) is 17.2 Å². The van der Waals surface area contributed by atoms with Crippen LogP contribution >= 0.6 is 15.9 Å². The van der Waals surface area contributed by atoms with E-state index in [2.05, 4.69) is 26.0 Å². The minimum Gasteiger partial charge on any atom is -0.446 e. The van der Waals surface area contributed by atoms with E-state index in [4.69, 9.17) is 10.2 Å². The summed E-state index contributed by atoms with van der Waals surface area (Å²) >= 11 is 3.24. The number of nitrogen functional groups attached to an aromatic ring is 1. The van der Waals surface area contributed by atoms with Crippen LogP contribution in [0, 0.1) is 0 Å². The predicted octanol–water partition coefficient (Wildman–Crippen LogP) is 2.33.